The van der Waals surface area contributed by atoms with E-state index < -0.39 is 0 Å². The molecule has 1 aromatic heterocycles. The molecule has 0 aliphatic rings. The second kappa shape index (κ2) is 7.64. The number of aryl methyl sites for hydroxylation is 2. The van der Waals surface area contributed by atoms with Crippen LogP contribution in [0.25, 0.3) is 0 Å². The molecule has 0 radical (unpaired) electrons. The number of anilines is 1. The summed E-state index contributed by atoms with van der Waals surface area (Å²) in [5, 5.41) is 3.51. The van der Waals surface area contributed by atoms with Crippen LogP contribution in [-0.2, 0) is 6.54 Å². The molecule has 0 aromatic carbocycles. The summed E-state index contributed by atoms with van der Waals surface area (Å²) in [6.45, 7) is 7.57. The van der Waals surface area contributed by atoms with Gasteiger partial charge in [-0.2, -0.15) is 11.8 Å². The van der Waals surface area contributed by atoms with E-state index in [0.29, 0.717) is 6.04 Å². The molecule has 1 unspecified atom stereocenters. The molecule has 0 aliphatic carbocycles. The zero-order valence-corrected chi connectivity index (χ0v) is 12.3. The standard InChI is InChI=1S/C13H25N3S/c1-5-6-8-16-10-12(3)15-13(16)14-11(2)7-9-17-4/h10-11H,5-9H2,1-4H3,(H,14,15). The second-order valence-electron chi connectivity index (χ2n) is 4.58. The van der Waals surface area contributed by atoms with E-state index in [1.165, 1.54) is 25.0 Å². The number of nitrogens with zero attached hydrogens (tertiary/aromatic N) is 2. The Morgan fingerprint density at radius 3 is 2.94 bits per heavy atom. The fourth-order valence-corrected chi connectivity index (χ4v) is 2.34. The predicted octanol–water partition coefficient (Wildman–Crippen LogP) is 3.55. The first-order valence-electron chi connectivity index (χ1n) is 6.46. The number of aromatic nitrogens is 2. The van der Waals surface area contributed by atoms with Gasteiger partial charge in [-0.25, -0.2) is 4.98 Å². The lowest BCUT2D eigenvalue weighted by Gasteiger charge is -2.15. The summed E-state index contributed by atoms with van der Waals surface area (Å²) in [6, 6.07) is 0.490. The number of rotatable bonds is 8. The molecule has 1 rings (SSSR count). The maximum atomic E-state index is 4.56. The third-order valence-electron chi connectivity index (χ3n) is 2.78. The maximum absolute atomic E-state index is 4.56. The molecule has 3 nitrogen and oxygen atoms in total. The lowest BCUT2D eigenvalue weighted by atomic mass is 10.3. The molecular weight excluding hydrogens is 230 g/mol. The van der Waals surface area contributed by atoms with E-state index in [0.717, 1.165) is 18.2 Å². The van der Waals surface area contributed by atoms with E-state index in [1.54, 1.807) is 0 Å². The van der Waals surface area contributed by atoms with Gasteiger partial charge in [-0.3, -0.25) is 0 Å². The topological polar surface area (TPSA) is 29.9 Å². The van der Waals surface area contributed by atoms with E-state index in [4.69, 9.17) is 0 Å². The normalized spacial score (nSPS) is 12.7. The first-order chi connectivity index (χ1) is 8.17. The van der Waals surface area contributed by atoms with Crippen molar-refractivity contribution < 1.29 is 0 Å². The highest BCUT2D eigenvalue weighted by Gasteiger charge is 2.08. The fourth-order valence-electron chi connectivity index (χ4n) is 1.75. The Labute approximate surface area is 109 Å². The van der Waals surface area contributed by atoms with Crippen LogP contribution in [0.1, 0.15) is 38.8 Å². The van der Waals surface area contributed by atoms with Gasteiger partial charge in [-0.05, 0) is 38.7 Å². The summed E-state index contributed by atoms with van der Waals surface area (Å²) in [4.78, 5) is 4.56. The van der Waals surface area contributed by atoms with Gasteiger partial charge in [0.25, 0.3) is 0 Å². The highest BCUT2D eigenvalue weighted by atomic mass is 32.2. The summed E-state index contributed by atoms with van der Waals surface area (Å²) >= 11 is 1.90. The Bertz CT molecular complexity index is 322. The Morgan fingerprint density at radius 2 is 2.29 bits per heavy atom. The Balaban J connectivity index is 2.55. The van der Waals surface area contributed by atoms with E-state index in [2.05, 4.69) is 48.1 Å². The van der Waals surface area contributed by atoms with Crippen molar-refractivity contribution in [3.63, 3.8) is 0 Å². The molecule has 0 bridgehead atoms. The third-order valence-corrected chi connectivity index (χ3v) is 3.42. The lowest BCUT2D eigenvalue weighted by Crippen LogP contribution is -2.19. The van der Waals surface area contributed by atoms with E-state index in [-0.39, 0.29) is 0 Å². The van der Waals surface area contributed by atoms with Crippen LogP contribution >= 0.6 is 11.8 Å². The molecular formula is C13H25N3S. The van der Waals surface area contributed by atoms with Gasteiger partial charge in [0.1, 0.15) is 0 Å². The van der Waals surface area contributed by atoms with E-state index in [9.17, 15) is 0 Å². The average molecular weight is 255 g/mol. The van der Waals surface area contributed by atoms with Crippen LogP contribution in [0.15, 0.2) is 6.20 Å². The molecule has 0 aliphatic heterocycles. The number of imidazole rings is 1. The number of unbranched alkanes of at least 4 members (excludes halogenated alkanes) is 1. The number of hydrogen-bond acceptors (Lipinski definition) is 3. The molecule has 4 heteroatoms. The summed E-state index contributed by atoms with van der Waals surface area (Å²) < 4.78 is 2.24. The van der Waals surface area contributed by atoms with Crippen LogP contribution in [0.4, 0.5) is 5.95 Å². The minimum absolute atomic E-state index is 0.490. The first kappa shape index (κ1) is 14.4. The maximum Gasteiger partial charge on any atom is 0.203 e. The van der Waals surface area contributed by atoms with Crippen LogP contribution < -0.4 is 5.32 Å². The Morgan fingerprint density at radius 1 is 1.53 bits per heavy atom. The van der Waals surface area contributed by atoms with Gasteiger partial charge in [0, 0.05) is 18.8 Å². The van der Waals surface area contributed by atoms with Crippen LogP contribution in [0.3, 0.4) is 0 Å². The van der Waals surface area contributed by atoms with Gasteiger partial charge in [-0.15, -0.1) is 0 Å². The summed E-state index contributed by atoms with van der Waals surface area (Å²) in [5.74, 6) is 2.23. The Kier molecular flexibility index (Phi) is 6.48. The van der Waals surface area contributed by atoms with Crippen molar-refractivity contribution in [1.29, 1.82) is 0 Å². The smallest absolute Gasteiger partial charge is 0.203 e. The number of nitrogens with one attached hydrogen (secondary N) is 1. The van der Waals surface area contributed by atoms with Crippen LogP contribution in [0, 0.1) is 6.92 Å². The zero-order valence-electron chi connectivity index (χ0n) is 11.5. The van der Waals surface area contributed by atoms with Crippen molar-refractivity contribution in [1.82, 2.24) is 9.55 Å². The average Bonchev–Trinajstić information content (AvgIpc) is 2.64. The van der Waals surface area contributed by atoms with Crippen molar-refractivity contribution in [2.24, 2.45) is 0 Å². The molecule has 1 atom stereocenters. The third kappa shape index (κ3) is 5.02. The monoisotopic (exact) mass is 255 g/mol. The molecule has 98 valence electrons. The molecule has 0 amide bonds. The predicted molar refractivity (Wildman–Crippen MR) is 78.0 cm³/mol. The fraction of sp³-hybridized carbons (Fsp3) is 0.769. The SMILES string of the molecule is CCCCn1cc(C)nc1NC(C)CCSC. The molecule has 1 aromatic rings. The second-order valence-corrected chi connectivity index (χ2v) is 5.57. The van der Waals surface area contributed by atoms with E-state index >= 15 is 0 Å². The van der Waals surface area contributed by atoms with Gasteiger partial charge in [-0.1, -0.05) is 13.3 Å². The van der Waals surface area contributed by atoms with Crippen molar-refractivity contribution in [2.75, 3.05) is 17.3 Å². The number of hydrogen-bond donors (Lipinski definition) is 1. The van der Waals surface area contributed by atoms with Crippen LogP contribution in [0.5, 0.6) is 0 Å². The molecule has 0 saturated heterocycles. The van der Waals surface area contributed by atoms with Crippen molar-refractivity contribution in [3.05, 3.63) is 11.9 Å². The largest absolute Gasteiger partial charge is 0.353 e. The highest BCUT2D eigenvalue weighted by Crippen LogP contribution is 2.13. The van der Waals surface area contributed by atoms with Crippen LogP contribution in [0.2, 0.25) is 0 Å². The molecule has 0 spiro atoms. The van der Waals surface area contributed by atoms with Crippen molar-refractivity contribution in [3.8, 4) is 0 Å². The van der Waals surface area contributed by atoms with Crippen LogP contribution in [-0.4, -0.2) is 27.6 Å². The van der Waals surface area contributed by atoms with Gasteiger partial charge in [0.05, 0.1) is 5.69 Å². The summed E-state index contributed by atoms with van der Waals surface area (Å²) in [7, 11) is 0. The number of thioether (sulfide) groups is 1. The van der Waals surface area contributed by atoms with Gasteiger partial charge < -0.3 is 9.88 Å². The molecule has 0 fully saturated rings. The molecule has 1 heterocycles. The minimum Gasteiger partial charge on any atom is -0.353 e. The molecule has 17 heavy (non-hydrogen) atoms. The highest BCUT2D eigenvalue weighted by molar-refractivity contribution is 7.98. The quantitative estimate of drug-likeness (QED) is 0.770. The van der Waals surface area contributed by atoms with Crippen molar-refractivity contribution >= 4 is 17.7 Å². The van der Waals surface area contributed by atoms with Gasteiger partial charge >= 0.3 is 0 Å². The van der Waals surface area contributed by atoms with Crippen molar-refractivity contribution in [2.45, 2.75) is 52.6 Å². The van der Waals surface area contributed by atoms with E-state index in [1.807, 2.05) is 11.8 Å². The summed E-state index contributed by atoms with van der Waals surface area (Å²) in [5.41, 5.74) is 1.10. The Hall–Kier alpha value is -0.640. The summed E-state index contributed by atoms with van der Waals surface area (Å²) in [6.07, 6.45) is 7.90. The lowest BCUT2D eigenvalue weighted by molar-refractivity contribution is 0.627. The molecule has 1 N–H and O–H groups in total. The zero-order chi connectivity index (χ0) is 12.7. The first-order valence-corrected chi connectivity index (χ1v) is 7.86. The van der Waals surface area contributed by atoms with Gasteiger partial charge in [0.15, 0.2) is 0 Å². The minimum atomic E-state index is 0.490. The molecule has 0 saturated carbocycles. The van der Waals surface area contributed by atoms with Gasteiger partial charge in [0.2, 0.25) is 5.95 Å².